The summed E-state index contributed by atoms with van der Waals surface area (Å²) in [7, 11) is 0. The monoisotopic (exact) mass is 387 g/mol. The number of hydrogen-bond acceptors (Lipinski definition) is 4. The normalized spacial score (nSPS) is 11.1. The number of pyridine rings is 1. The second-order valence-electron chi connectivity index (χ2n) is 5.86. The predicted octanol–water partition coefficient (Wildman–Crippen LogP) is 4.40. The second-order valence-corrected chi connectivity index (χ2v) is 5.86. The average Bonchev–Trinajstić information content (AvgIpc) is 2.66. The van der Waals surface area contributed by atoms with Crippen LogP contribution in [0.3, 0.4) is 0 Å². The quantitative estimate of drug-likeness (QED) is 0.680. The van der Waals surface area contributed by atoms with Crippen LogP contribution in [0.2, 0.25) is 0 Å². The molecule has 3 N–H and O–H groups in total. The van der Waals surface area contributed by atoms with E-state index in [-0.39, 0.29) is 29.4 Å². The Labute approximate surface area is 159 Å². The summed E-state index contributed by atoms with van der Waals surface area (Å²) in [6, 6.07) is 14.6. The van der Waals surface area contributed by atoms with Crippen molar-refractivity contribution in [3.05, 3.63) is 83.6 Å². The van der Waals surface area contributed by atoms with E-state index >= 15 is 0 Å². The van der Waals surface area contributed by atoms with Crippen molar-refractivity contribution < 1.29 is 22.7 Å². The molecule has 1 heterocycles. The highest BCUT2D eigenvalue weighted by molar-refractivity contribution is 5.98. The standard InChI is InChI=1S/C20H16F3N3O2/c21-20(22,23)16-8-1-2-9-17(16)28-14-6-3-5-13(11-14)12-26-19(27)15-7-4-10-25-18(15)24/h1-11H,12H2,(H2,24,25)(H,26,27). The van der Waals surface area contributed by atoms with E-state index in [0.29, 0.717) is 5.56 Å². The molecule has 0 aliphatic heterocycles. The van der Waals surface area contributed by atoms with Gasteiger partial charge >= 0.3 is 6.18 Å². The number of carbonyl (C=O) groups is 1. The van der Waals surface area contributed by atoms with E-state index < -0.39 is 17.6 Å². The highest BCUT2D eigenvalue weighted by Gasteiger charge is 2.34. The lowest BCUT2D eigenvalue weighted by Gasteiger charge is -2.14. The summed E-state index contributed by atoms with van der Waals surface area (Å²) in [5, 5.41) is 2.69. The largest absolute Gasteiger partial charge is 0.457 e. The number of para-hydroxylation sites is 1. The Morgan fingerprint density at radius 2 is 1.86 bits per heavy atom. The van der Waals surface area contributed by atoms with Gasteiger partial charge in [0.25, 0.3) is 5.91 Å². The minimum Gasteiger partial charge on any atom is -0.457 e. The zero-order valence-corrected chi connectivity index (χ0v) is 14.5. The van der Waals surface area contributed by atoms with Gasteiger partial charge in [-0.2, -0.15) is 13.2 Å². The lowest BCUT2D eigenvalue weighted by molar-refractivity contribution is -0.138. The number of rotatable bonds is 5. The molecule has 144 valence electrons. The minimum absolute atomic E-state index is 0.112. The number of amides is 1. The number of alkyl halides is 3. The number of nitrogen functional groups attached to an aromatic ring is 1. The van der Waals surface area contributed by atoms with Crippen LogP contribution >= 0.6 is 0 Å². The van der Waals surface area contributed by atoms with Gasteiger partial charge in [0.2, 0.25) is 0 Å². The number of hydrogen-bond donors (Lipinski definition) is 2. The molecule has 0 fully saturated rings. The molecule has 0 unspecified atom stereocenters. The first-order chi connectivity index (χ1) is 13.3. The Kier molecular flexibility index (Phi) is 5.49. The molecule has 0 aliphatic rings. The SMILES string of the molecule is Nc1ncccc1C(=O)NCc1cccc(Oc2ccccc2C(F)(F)F)c1. The Morgan fingerprint density at radius 3 is 2.61 bits per heavy atom. The highest BCUT2D eigenvalue weighted by Crippen LogP contribution is 2.37. The highest BCUT2D eigenvalue weighted by atomic mass is 19.4. The molecule has 2 aromatic carbocycles. The van der Waals surface area contributed by atoms with Crippen LogP contribution in [0.25, 0.3) is 0 Å². The maximum atomic E-state index is 13.1. The van der Waals surface area contributed by atoms with Crippen molar-refractivity contribution in [2.75, 3.05) is 5.73 Å². The third-order valence-electron chi connectivity index (χ3n) is 3.85. The van der Waals surface area contributed by atoms with Crippen molar-refractivity contribution in [2.45, 2.75) is 12.7 Å². The van der Waals surface area contributed by atoms with Gasteiger partial charge in [-0.3, -0.25) is 4.79 Å². The van der Waals surface area contributed by atoms with Gasteiger partial charge in [-0.25, -0.2) is 4.98 Å². The van der Waals surface area contributed by atoms with Gasteiger partial charge in [-0.15, -0.1) is 0 Å². The number of nitrogens with zero attached hydrogens (tertiary/aromatic N) is 1. The number of nitrogens with two attached hydrogens (primary N) is 1. The first kappa shape index (κ1) is 19.2. The summed E-state index contributed by atoms with van der Waals surface area (Å²) < 4.78 is 44.7. The molecule has 1 amide bonds. The smallest absolute Gasteiger partial charge is 0.419 e. The number of anilines is 1. The Bertz CT molecular complexity index is 990. The van der Waals surface area contributed by atoms with Crippen molar-refractivity contribution in [3.8, 4) is 11.5 Å². The molecule has 0 spiro atoms. The molecule has 0 atom stereocenters. The van der Waals surface area contributed by atoms with E-state index in [1.165, 1.54) is 30.5 Å². The van der Waals surface area contributed by atoms with Gasteiger partial charge in [-0.05, 0) is 42.0 Å². The van der Waals surface area contributed by atoms with Crippen LogP contribution in [-0.2, 0) is 12.7 Å². The molecule has 0 saturated carbocycles. The lowest BCUT2D eigenvalue weighted by atomic mass is 10.1. The molecule has 28 heavy (non-hydrogen) atoms. The van der Waals surface area contributed by atoms with Gasteiger partial charge in [0, 0.05) is 12.7 Å². The number of carbonyl (C=O) groups excluding carboxylic acids is 1. The van der Waals surface area contributed by atoms with Crippen molar-refractivity contribution in [1.82, 2.24) is 10.3 Å². The molecule has 0 bridgehead atoms. The van der Waals surface area contributed by atoms with Crippen LogP contribution in [0.1, 0.15) is 21.5 Å². The molecule has 3 rings (SSSR count). The third-order valence-corrected chi connectivity index (χ3v) is 3.85. The number of aromatic nitrogens is 1. The molecule has 3 aromatic rings. The molecule has 0 saturated heterocycles. The zero-order valence-electron chi connectivity index (χ0n) is 14.5. The summed E-state index contributed by atoms with van der Waals surface area (Å²) in [5.41, 5.74) is 5.70. The summed E-state index contributed by atoms with van der Waals surface area (Å²) in [5.74, 6) is -0.358. The van der Waals surface area contributed by atoms with Crippen LogP contribution < -0.4 is 15.8 Å². The van der Waals surface area contributed by atoms with Crippen LogP contribution in [0.15, 0.2) is 66.9 Å². The number of nitrogens with one attached hydrogen (secondary N) is 1. The van der Waals surface area contributed by atoms with Crippen LogP contribution in [0.4, 0.5) is 19.0 Å². The number of ether oxygens (including phenoxy) is 1. The molecule has 1 aromatic heterocycles. The van der Waals surface area contributed by atoms with Crippen molar-refractivity contribution in [3.63, 3.8) is 0 Å². The maximum Gasteiger partial charge on any atom is 0.419 e. The van der Waals surface area contributed by atoms with E-state index in [1.54, 1.807) is 30.3 Å². The second kappa shape index (κ2) is 7.99. The fourth-order valence-electron chi connectivity index (χ4n) is 2.52. The first-order valence-electron chi connectivity index (χ1n) is 8.26. The number of halogens is 3. The molecule has 8 heteroatoms. The fourth-order valence-corrected chi connectivity index (χ4v) is 2.52. The third kappa shape index (κ3) is 4.59. The van der Waals surface area contributed by atoms with Crippen LogP contribution in [0.5, 0.6) is 11.5 Å². The molecular formula is C20H16F3N3O2. The Balaban J connectivity index is 1.72. The van der Waals surface area contributed by atoms with Crippen LogP contribution in [0, 0.1) is 0 Å². The number of benzene rings is 2. The zero-order chi connectivity index (χ0) is 20.1. The molecular weight excluding hydrogens is 371 g/mol. The van der Waals surface area contributed by atoms with Crippen molar-refractivity contribution in [1.29, 1.82) is 0 Å². The van der Waals surface area contributed by atoms with Gasteiger partial charge in [0.15, 0.2) is 0 Å². The summed E-state index contributed by atoms with van der Waals surface area (Å²) in [6.45, 7) is 0.144. The van der Waals surface area contributed by atoms with Crippen molar-refractivity contribution >= 4 is 11.7 Å². The van der Waals surface area contributed by atoms with Crippen LogP contribution in [-0.4, -0.2) is 10.9 Å². The average molecular weight is 387 g/mol. The van der Waals surface area contributed by atoms with Gasteiger partial charge in [0.05, 0.1) is 11.1 Å². The van der Waals surface area contributed by atoms with E-state index in [0.717, 1.165) is 6.07 Å². The predicted molar refractivity (Wildman–Crippen MR) is 97.8 cm³/mol. The summed E-state index contributed by atoms with van der Waals surface area (Å²) in [6.07, 6.45) is -3.04. The summed E-state index contributed by atoms with van der Waals surface area (Å²) >= 11 is 0. The lowest BCUT2D eigenvalue weighted by Crippen LogP contribution is -2.24. The Hall–Kier alpha value is -3.55. The topological polar surface area (TPSA) is 77.2 Å². The van der Waals surface area contributed by atoms with E-state index in [2.05, 4.69) is 10.3 Å². The van der Waals surface area contributed by atoms with Gasteiger partial charge < -0.3 is 15.8 Å². The van der Waals surface area contributed by atoms with Gasteiger partial charge in [0.1, 0.15) is 17.3 Å². The van der Waals surface area contributed by atoms with E-state index in [4.69, 9.17) is 10.5 Å². The molecule has 0 radical (unpaired) electrons. The van der Waals surface area contributed by atoms with E-state index in [9.17, 15) is 18.0 Å². The molecule has 0 aliphatic carbocycles. The van der Waals surface area contributed by atoms with Crippen molar-refractivity contribution in [2.24, 2.45) is 0 Å². The first-order valence-corrected chi connectivity index (χ1v) is 8.26. The van der Waals surface area contributed by atoms with E-state index in [1.807, 2.05) is 0 Å². The maximum absolute atomic E-state index is 13.1. The minimum atomic E-state index is -4.52. The van der Waals surface area contributed by atoms with Gasteiger partial charge in [-0.1, -0.05) is 24.3 Å². The Morgan fingerprint density at radius 1 is 1.07 bits per heavy atom. The molecule has 5 nitrogen and oxygen atoms in total. The fraction of sp³-hybridized carbons (Fsp3) is 0.100. The summed E-state index contributed by atoms with van der Waals surface area (Å²) in [4.78, 5) is 16.0.